The van der Waals surface area contributed by atoms with Gasteiger partial charge in [-0.05, 0) is 111 Å². The second-order valence-electron chi connectivity index (χ2n) is 18.0. The molecule has 5 aromatic rings. The molecule has 13 heteroatoms. The van der Waals surface area contributed by atoms with E-state index in [1.54, 1.807) is 24.1 Å². The monoisotopic (exact) mass is 902 g/mol. The molecule has 2 amide bonds. The number of hydrogen-bond donors (Lipinski definition) is 2. The van der Waals surface area contributed by atoms with E-state index in [1.165, 1.54) is 55.4 Å². The zero-order valence-electron chi connectivity index (χ0n) is 37.9. The van der Waals surface area contributed by atoms with Crippen molar-refractivity contribution >= 4 is 46.1 Å². The van der Waals surface area contributed by atoms with Gasteiger partial charge >= 0.3 is 0 Å². The van der Waals surface area contributed by atoms with E-state index in [4.69, 9.17) is 21.3 Å². The number of ether oxygens (including phenoxy) is 1. The first kappa shape index (κ1) is 46.4. The Bertz CT molecular complexity index is 2390. The number of likely N-dealkylation sites (N-methyl/N-ethyl adjacent to an activating group) is 1. The average molecular weight is 904 g/mol. The number of aryl methyl sites for hydroxylation is 1. The summed E-state index contributed by atoms with van der Waals surface area (Å²) in [6.45, 7) is 12.2. The molecule has 2 aliphatic heterocycles. The molecule has 3 aromatic carbocycles. The lowest BCUT2D eigenvalue weighted by Crippen LogP contribution is -2.46. The first-order valence-corrected chi connectivity index (χ1v) is 24.1. The molecule has 2 aromatic heterocycles. The molecule has 0 bridgehead atoms. The van der Waals surface area contributed by atoms with Crippen LogP contribution in [-0.4, -0.2) is 100 Å². The molecule has 0 radical (unpaired) electrons. The van der Waals surface area contributed by atoms with Crippen LogP contribution < -0.4 is 10.6 Å². The molecule has 65 heavy (non-hydrogen) atoms. The standard InChI is InChI=1S/C52H64ClFN8O3/c1-3-4-15-48(50(63)55-2)62-35-40-29-37(18-21-45(40)51(62)64)12-11-28-65-27-10-6-9-22-59-23-25-60(26-24-59)34-38-16-19-39(20-17-38)47-36-61(44-13-7-5-8-14-44)49-46(47)33-56-52(58-49)57-43-31-41(53)30-42(54)32-43/h3,16-21,29-33,36,44,48H,1,4-15,22-28,34-35H2,2H3,(H,55,63)(H,56,57,58). The number of allylic oxidation sites excluding steroid dienone is 1. The minimum atomic E-state index is -0.489. The summed E-state index contributed by atoms with van der Waals surface area (Å²) in [5, 5.41) is 7.21. The van der Waals surface area contributed by atoms with Gasteiger partial charge in [0.25, 0.3) is 5.91 Å². The van der Waals surface area contributed by atoms with Crippen LogP contribution in [0.1, 0.15) is 104 Å². The molecular weight excluding hydrogens is 839 g/mol. The molecular formula is C52H64ClFN8O3. The van der Waals surface area contributed by atoms with Crippen LogP contribution in [0.3, 0.4) is 0 Å². The Morgan fingerprint density at radius 1 is 0.938 bits per heavy atom. The van der Waals surface area contributed by atoms with Gasteiger partial charge in [0, 0.05) is 105 Å². The molecule has 1 atom stereocenters. The predicted octanol–water partition coefficient (Wildman–Crippen LogP) is 10.1. The Morgan fingerprint density at radius 3 is 2.48 bits per heavy atom. The molecule has 0 spiro atoms. The van der Waals surface area contributed by atoms with Crippen molar-refractivity contribution in [3.8, 4) is 11.1 Å². The van der Waals surface area contributed by atoms with Gasteiger partial charge < -0.3 is 29.7 Å². The summed E-state index contributed by atoms with van der Waals surface area (Å²) in [6.07, 6.45) is 18.4. The number of unbranched alkanes of at least 4 members (excludes halogenated alkanes) is 2. The van der Waals surface area contributed by atoms with Gasteiger partial charge in [0.05, 0.1) is 0 Å². The van der Waals surface area contributed by atoms with E-state index in [1.807, 2.05) is 18.3 Å². The maximum absolute atomic E-state index is 14.1. The summed E-state index contributed by atoms with van der Waals surface area (Å²) >= 11 is 6.12. The summed E-state index contributed by atoms with van der Waals surface area (Å²) in [5.74, 6) is -0.196. The van der Waals surface area contributed by atoms with Crippen LogP contribution in [-0.2, 0) is 29.0 Å². The number of benzene rings is 3. The van der Waals surface area contributed by atoms with Crippen molar-refractivity contribution in [3.63, 3.8) is 0 Å². The quantitative estimate of drug-likeness (QED) is 0.0554. The zero-order chi connectivity index (χ0) is 45.1. The summed E-state index contributed by atoms with van der Waals surface area (Å²) in [6, 6.07) is 19.3. The summed E-state index contributed by atoms with van der Waals surface area (Å²) in [4.78, 5) is 42.2. The van der Waals surface area contributed by atoms with Gasteiger partial charge in [0.1, 0.15) is 17.5 Å². The zero-order valence-corrected chi connectivity index (χ0v) is 38.6. The molecule has 2 fully saturated rings. The Morgan fingerprint density at radius 2 is 1.71 bits per heavy atom. The van der Waals surface area contributed by atoms with Crippen molar-refractivity contribution in [3.05, 3.63) is 119 Å². The molecule has 1 saturated carbocycles. The van der Waals surface area contributed by atoms with Crippen LogP contribution in [0.15, 0.2) is 85.7 Å². The normalized spacial score (nSPS) is 16.5. The number of halogens is 2. The lowest BCUT2D eigenvalue weighted by Gasteiger charge is -2.34. The summed E-state index contributed by atoms with van der Waals surface area (Å²) in [5.41, 5.74) is 7.91. The van der Waals surface area contributed by atoms with Crippen LogP contribution in [0.25, 0.3) is 22.2 Å². The first-order valence-electron chi connectivity index (χ1n) is 23.7. The van der Waals surface area contributed by atoms with Crippen molar-refractivity contribution in [1.29, 1.82) is 0 Å². The summed E-state index contributed by atoms with van der Waals surface area (Å²) in [7, 11) is 1.62. The number of piperazine rings is 1. The predicted molar refractivity (Wildman–Crippen MR) is 258 cm³/mol. The van der Waals surface area contributed by atoms with E-state index < -0.39 is 11.9 Å². The molecule has 1 saturated heterocycles. The summed E-state index contributed by atoms with van der Waals surface area (Å²) < 4.78 is 22.4. The molecule has 344 valence electrons. The smallest absolute Gasteiger partial charge is 0.255 e. The van der Waals surface area contributed by atoms with E-state index in [0.717, 1.165) is 112 Å². The van der Waals surface area contributed by atoms with Crippen molar-refractivity contribution in [2.45, 2.75) is 102 Å². The van der Waals surface area contributed by atoms with Gasteiger partial charge in [0.15, 0.2) is 0 Å². The molecule has 1 unspecified atom stereocenters. The minimum absolute atomic E-state index is 0.0707. The van der Waals surface area contributed by atoms with Gasteiger partial charge in [-0.3, -0.25) is 14.5 Å². The highest BCUT2D eigenvalue weighted by atomic mass is 35.5. The fraction of sp³-hybridized carbons (Fsp3) is 0.462. The Hall–Kier alpha value is -5.14. The number of fused-ring (bicyclic) bond motifs is 2. The molecule has 4 heterocycles. The maximum atomic E-state index is 14.1. The fourth-order valence-electron chi connectivity index (χ4n) is 9.80. The lowest BCUT2D eigenvalue weighted by atomic mass is 9.95. The SMILES string of the molecule is C=CCCC(C(=O)NC)N1Cc2cc(CCCOCCCCCN3CCN(Cc4ccc(-c5cn(C6CCCCC6)c6nc(Nc7cc(F)cc(Cl)c7)ncc56)cc4)CC3)ccc2C1=O. The third-order valence-electron chi connectivity index (χ3n) is 13.4. The Balaban J connectivity index is 0.735. The Labute approximate surface area is 388 Å². The number of rotatable bonds is 21. The van der Waals surface area contributed by atoms with Crippen molar-refractivity contribution in [1.82, 2.24) is 34.6 Å². The van der Waals surface area contributed by atoms with Crippen LogP contribution in [0.5, 0.6) is 0 Å². The Kier molecular flexibility index (Phi) is 16.0. The molecule has 11 nitrogen and oxygen atoms in total. The van der Waals surface area contributed by atoms with Crippen molar-refractivity contribution in [2.24, 2.45) is 0 Å². The number of carbonyl (C=O) groups is 2. The highest BCUT2D eigenvalue weighted by Gasteiger charge is 2.35. The lowest BCUT2D eigenvalue weighted by molar-refractivity contribution is -0.125. The van der Waals surface area contributed by atoms with Gasteiger partial charge in [0.2, 0.25) is 11.9 Å². The topological polar surface area (TPSA) is 108 Å². The van der Waals surface area contributed by atoms with E-state index >= 15 is 0 Å². The fourth-order valence-corrected chi connectivity index (χ4v) is 10.0. The van der Waals surface area contributed by atoms with Gasteiger partial charge in [-0.1, -0.05) is 73.3 Å². The van der Waals surface area contributed by atoms with Crippen LogP contribution in [0.2, 0.25) is 5.02 Å². The van der Waals surface area contributed by atoms with Gasteiger partial charge in [-0.2, -0.15) is 4.98 Å². The molecule has 2 N–H and O–H groups in total. The van der Waals surface area contributed by atoms with Gasteiger partial charge in [-0.25, -0.2) is 9.37 Å². The van der Waals surface area contributed by atoms with Crippen LogP contribution in [0.4, 0.5) is 16.0 Å². The van der Waals surface area contributed by atoms with Crippen molar-refractivity contribution < 1.29 is 18.7 Å². The third-order valence-corrected chi connectivity index (χ3v) is 13.6. The van der Waals surface area contributed by atoms with E-state index in [-0.39, 0.29) is 11.8 Å². The second-order valence-corrected chi connectivity index (χ2v) is 18.4. The average Bonchev–Trinajstić information content (AvgIpc) is 3.86. The number of amides is 2. The van der Waals surface area contributed by atoms with E-state index in [2.05, 4.69) is 73.1 Å². The third kappa shape index (κ3) is 11.8. The highest BCUT2D eigenvalue weighted by molar-refractivity contribution is 6.30. The number of nitrogens with zero attached hydrogens (tertiary/aromatic N) is 6. The number of nitrogens with one attached hydrogen (secondary N) is 2. The van der Waals surface area contributed by atoms with Gasteiger partial charge in [-0.15, -0.1) is 6.58 Å². The molecule has 8 rings (SSSR count). The van der Waals surface area contributed by atoms with Crippen molar-refractivity contribution in [2.75, 3.05) is 58.3 Å². The molecule has 1 aliphatic carbocycles. The van der Waals surface area contributed by atoms with Crippen LogP contribution >= 0.6 is 11.6 Å². The number of carbonyl (C=O) groups excluding carboxylic acids is 2. The molecule has 3 aliphatic rings. The number of anilines is 2. The van der Waals surface area contributed by atoms with E-state index in [9.17, 15) is 14.0 Å². The number of hydrogen-bond acceptors (Lipinski definition) is 8. The minimum Gasteiger partial charge on any atom is -0.381 e. The van der Waals surface area contributed by atoms with E-state index in [0.29, 0.717) is 47.7 Å². The second kappa shape index (κ2) is 22.4. The first-order chi connectivity index (χ1) is 31.8. The maximum Gasteiger partial charge on any atom is 0.255 e. The largest absolute Gasteiger partial charge is 0.381 e. The highest BCUT2D eigenvalue weighted by Crippen LogP contribution is 2.37. The van der Waals surface area contributed by atoms with Crippen LogP contribution in [0, 0.1) is 5.82 Å². The number of aromatic nitrogens is 3.